The molecule has 2 rings (SSSR count). The van der Waals surface area contributed by atoms with Gasteiger partial charge >= 0.3 is 0 Å². The Hall–Kier alpha value is -1.51. The van der Waals surface area contributed by atoms with Crippen molar-refractivity contribution in [1.29, 1.82) is 0 Å². The number of nitrogens with zero attached hydrogens (tertiary/aromatic N) is 1. The molecule has 1 saturated heterocycles. The topological polar surface area (TPSA) is 67.9 Å². The SMILES string of the molecule is COc1cc(I)c(C(=O)NCCN2CCCCCC2=O)cc1OC. The minimum absolute atomic E-state index is 0.178. The number of benzene rings is 1. The smallest absolute Gasteiger partial charge is 0.252 e. The van der Waals surface area contributed by atoms with Crippen LogP contribution in [0.15, 0.2) is 12.1 Å². The summed E-state index contributed by atoms with van der Waals surface area (Å²) in [6.45, 7) is 1.77. The summed E-state index contributed by atoms with van der Waals surface area (Å²) >= 11 is 2.10. The highest BCUT2D eigenvalue weighted by Crippen LogP contribution is 2.31. The number of nitrogens with one attached hydrogen (secondary N) is 1. The number of ether oxygens (including phenoxy) is 2. The Balaban J connectivity index is 1.96. The van der Waals surface area contributed by atoms with Crippen molar-refractivity contribution in [2.24, 2.45) is 0 Å². The van der Waals surface area contributed by atoms with Gasteiger partial charge in [0.2, 0.25) is 5.91 Å². The number of methoxy groups -OCH3 is 2. The number of amides is 2. The van der Waals surface area contributed by atoms with Gasteiger partial charge in [-0.2, -0.15) is 0 Å². The second-order valence-electron chi connectivity index (χ2n) is 5.63. The van der Waals surface area contributed by atoms with E-state index in [1.165, 1.54) is 7.11 Å². The molecule has 1 heterocycles. The molecule has 0 bridgehead atoms. The van der Waals surface area contributed by atoms with Crippen LogP contribution in [-0.2, 0) is 4.79 Å². The standard InChI is InChI=1S/C17H23IN2O4/c1-23-14-10-12(13(18)11-15(14)24-2)17(22)19-7-9-20-8-5-3-4-6-16(20)21/h10-11H,3-9H2,1-2H3,(H,19,22). The van der Waals surface area contributed by atoms with E-state index in [2.05, 4.69) is 27.9 Å². The molecule has 7 heteroatoms. The second-order valence-corrected chi connectivity index (χ2v) is 6.80. The predicted molar refractivity (Wildman–Crippen MR) is 99.6 cm³/mol. The van der Waals surface area contributed by atoms with E-state index < -0.39 is 0 Å². The van der Waals surface area contributed by atoms with Crippen LogP contribution in [-0.4, -0.2) is 50.6 Å². The van der Waals surface area contributed by atoms with Crippen molar-refractivity contribution in [3.05, 3.63) is 21.3 Å². The first-order valence-corrected chi connectivity index (χ1v) is 9.12. The molecule has 0 saturated carbocycles. The first kappa shape index (κ1) is 18.8. The lowest BCUT2D eigenvalue weighted by atomic mass is 10.2. The number of carbonyl (C=O) groups is 2. The summed E-state index contributed by atoms with van der Waals surface area (Å²) in [5.74, 6) is 1.12. The maximum absolute atomic E-state index is 12.4. The largest absolute Gasteiger partial charge is 0.493 e. The third-order valence-electron chi connectivity index (χ3n) is 4.06. The highest BCUT2D eigenvalue weighted by molar-refractivity contribution is 14.1. The molecule has 0 spiro atoms. The van der Waals surface area contributed by atoms with E-state index in [9.17, 15) is 9.59 Å². The lowest BCUT2D eigenvalue weighted by Gasteiger charge is -2.20. The van der Waals surface area contributed by atoms with Crippen LogP contribution in [0.2, 0.25) is 0 Å². The lowest BCUT2D eigenvalue weighted by Crippen LogP contribution is -2.38. The van der Waals surface area contributed by atoms with E-state index >= 15 is 0 Å². The molecule has 1 aliphatic rings. The lowest BCUT2D eigenvalue weighted by molar-refractivity contribution is -0.130. The quantitative estimate of drug-likeness (QED) is 0.682. The Morgan fingerprint density at radius 2 is 1.92 bits per heavy atom. The second kappa shape index (κ2) is 9.10. The van der Waals surface area contributed by atoms with Crippen LogP contribution in [0.5, 0.6) is 11.5 Å². The molecule has 0 atom stereocenters. The van der Waals surface area contributed by atoms with Gasteiger partial charge in [0, 0.05) is 29.6 Å². The van der Waals surface area contributed by atoms with Crippen LogP contribution in [0.25, 0.3) is 0 Å². The molecule has 0 unspecified atom stereocenters. The fraction of sp³-hybridized carbons (Fsp3) is 0.529. The van der Waals surface area contributed by atoms with Gasteiger partial charge in [0.25, 0.3) is 5.91 Å². The molecule has 2 amide bonds. The van der Waals surface area contributed by atoms with E-state index in [0.29, 0.717) is 36.6 Å². The van der Waals surface area contributed by atoms with Crippen molar-refractivity contribution in [3.63, 3.8) is 0 Å². The zero-order valence-electron chi connectivity index (χ0n) is 14.1. The molecule has 1 N–H and O–H groups in total. The van der Waals surface area contributed by atoms with Crippen LogP contribution in [0.3, 0.4) is 0 Å². The highest BCUT2D eigenvalue weighted by atomic mass is 127. The Morgan fingerprint density at radius 1 is 1.21 bits per heavy atom. The number of hydrogen-bond donors (Lipinski definition) is 1. The fourth-order valence-corrected chi connectivity index (χ4v) is 3.39. The van der Waals surface area contributed by atoms with Gasteiger partial charge in [-0.25, -0.2) is 0 Å². The molecule has 0 radical (unpaired) electrons. The molecule has 0 aliphatic carbocycles. The van der Waals surface area contributed by atoms with E-state index in [4.69, 9.17) is 9.47 Å². The Bertz CT molecular complexity index is 606. The van der Waals surface area contributed by atoms with E-state index in [-0.39, 0.29) is 11.8 Å². The van der Waals surface area contributed by atoms with Crippen molar-refractivity contribution >= 4 is 34.4 Å². The molecule has 1 aromatic carbocycles. The van der Waals surface area contributed by atoms with Gasteiger partial charge in [-0.15, -0.1) is 0 Å². The molecular weight excluding hydrogens is 423 g/mol. The molecule has 1 aromatic rings. The number of hydrogen-bond acceptors (Lipinski definition) is 4. The summed E-state index contributed by atoms with van der Waals surface area (Å²) in [6, 6.07) is 3.44. The molecule has 1 aliphatic heterocycles. The first-order valence-electron chi connectivity index (χ1n) is 8.04. The van der Waals surface area contributed by atoms with E-state index in [1.807, 2.05) is 4.90 Å². The van der Waals surface area contributed by atoms with Crippen LogP contribution in [0.4, 0.5) is 0 Å². The van der Waals surface area contributed by atoms with Crippen molar-refractivity contribution in [2.45, 2.75) is 25.7 Å². The minimum Gasteiger partial charge on any atom is -0.493 e. The summed E-state index contributed by atoms with van der Waals surface area (Å²) < 4.78 is 11.3. The van der Waals surface area contributed by atoms with Crippen molar-refractivity contribution in [3.8, 4) is 11.5 Å². The van der Waals surface area contributed by atoms with Gasteiger partial charge in [0.15, 0.2) is 11.5 Å². The number of rotatable bonds is 6. The normalized spacial score (nSPS) is 15.0. The monoisotopic (exact) mass is 446 g/mol. The zero-order valence-corrected chi connectivity index (χ0v) is 16.2. The van der Waals surface area contributed by atoms with Gasteiger partial charge in [0.05, 0.1) is 19.8 Å². The third kappa shape index (κ3) is 4.75. The number of likely N-dealkylation sites (tertiary alicyclic amines) is 1. The molecule has 24 heavy (non-hydrogen) atoms. The number of halogens is 1. The van der Waals surface area contributed by atoms with Crippen molar-refractivity contribution in [2.75, 3.05) is 33.9 Å². The van der Waals surface area contributed by atoms with E-state index in [0.717, 1.165) is 29.4 Å². The number of carbonyl (C=O) groups excluding carboxylic acids is 2. The van der Waals surface area contributed by atoms with Gasteiger partial charge in [0.1, 0.15) is 0 Å². The summed E-state index contributed by atoms with van der Waals surface area (Å²) in [7, 11) is 3.10. The van der Waals surface area contributed by atoms with Gasteiger partial charge in [-0.3, -0.25) is 9.59 Å². The molecule has 132 valence electrons. The van der Waals surface area contributed by atoms with Crippen molar-refractivity contribution in [1.82, 2.24) is 10.2 Å². The Morgan fingerprint density at radius 3 is 2.62 bits per heavy atom. The predicted octanol–water partition coefficient (Wildman–Crippen LogP) is 2.44. The van der Waals surface area contributed by atoms with Crippen LogP contribution < -0.4 is 14.8 Å². The third-order valence-corrected chi connectivity index (χ3v) is 4.95. The van der Waals surface area contributed by atoms with Crippen LogP contribution in [0.1, 0.15) is 36.0 Å². The van der Waals surface area contributed by atoms with Crippen molar-refractivity contribution < 1.29 is 19.1 Å². The maximum atomic E-state index is 12.4. The average molecular weight is 446 g/mol. The van der Waals surface area contributed by atoms with Gasteiger partial charge in [-0.1, -0.05) is 6.42 Å². The molecule has 0 aromatic heterocycles. The summed E-state index contributed by atoms with van der Waals surface area (Å²) in [6.07, 6.45) is 3.71. The summed E-state index contributed by atoms with van der Waals surface area (Å²) in [5, 5.41) is 2.88. The van der Waals surface area contributed by atoms with Crippen LogP contribution >= 0.6 is 22.6 Å². The molecule has 6 nitrogen and oxygen atoms in total. The zero-order chi connectivity index (χ0) is 17.5. The minimum atomic E-state index is -0.178. The van der Waals surface area contributed by atoms with Crippen LogP contribution in [0, 0.1) is 3.57 Å². The van der Waals surface area contributed by atoms with E-state index in [1.54, 1.807) is 19.2 Å². The molecular formula is C17H23IN2O4. The van der Waals surface area contributed by atoms with Gasteiger partial charge in [-0.05, 0) is 47.6 Å². The fourth-order valence-electron chi connectivity index (χ4n) is 2.70. The molecule has 1 fully saturated rings. The summed E-state index contributed by atoms with van der Waals surface area (Å²) in [4.78, 5) is 26.2. The highest BCUT2D eigenvalue weighted by Gasteiger charge is 2.18. The average Bonchev–Trinajstić information content (AvgIpc) is 2.79. The maximum Gasteiger partial charge on any atom is 0.252 e. The van der Waals surface area contributed by atoms with Gasteiger partial charge < -0.3 is 19.7 Å². The first-order chi connectivity index (χ1) is 11.6. The summed E-state index contributed by atoms with van der Waals surface area (Å²) in [5.41, 5.74) is 0.537. The Kier molecular flexibility index (Phi) is 7.14. The Labute approximate surface area is 156 Å².